The molecule has 2 fully saturated rings. The van der Waals surface area contributed by atoms with Gasteiger partial charge in [0.05, 0.1) is 44.6 Å². The van der Waals surface area contributed by atoms with Gasteiger partial charge in [-0.25, -0.2) is 0 Å². The smallest absolute Gasteiger partial charge is 0.158 e. The fourth-order valence-corrected chi connectivity index (χ4v) is 9.13. The first-order valence-electron chi connectivity index (χ1n) is 11.8. The molecular formula is C24H34N2O6S2. The van der Waals surface area contributed by atoms with E-state index >= 15 is 0 Å². The summed E-state index contributed by atoms with van der Waals surface area (Å²) >= 11 is 3.07. The molecule has 34 heavy (non-hydrogen) atoms. The summed E-state index contributed by atoms with van der Waals surface area (Å²) in [5.41, 5.74) is 0. The summed E-state index contributed by atoms with van der Waals surface area (Å²) in [7, 11) is 6.74. The van der Waals surface area contributed by atoms with Crippen LogP contribution in [0.3, 0.4) is 0 Å². The molecule has 10 atom stereocenters. The zero-order chi connectivity index (χ0) is 24.3. The molecule has 2 saturated carbocycles. The summed E-state index contributed by atoms with van der Waals surface area (Å²) in [5.74, 6) is 1.04. The van der Waals surface area contributed by atoms with Crippen LogP contribution in [0.1, 0.15) is 26.7 Å². The molecule has 2 aliphatic heterocycles. The van der Waals surface area contributed by atoms with Gasteiger partial charge < -0.3 is 29.2 Å². The van der Waals surface area contributed by atoms with Crippen molar-refractivity contribution in [1.82, 2.24) is 0 Å². The first-order chi connectivity index (χ1) is 16.3. The van der Waals surface area contributed by atoms with Crippen molar-refractivity contribution in [3.63, 3.8) is 0 Å². The molecule has 8 nitrogen and oxygen atoms in total. The monoisotopic (exact) mass is 510 g/mol. The molecule has 188 valence electrons. The van der Waals surface area contributed by atoms with Gasteiger partial charge in [0.15, 0.2) is 11.5 Å². The minimum atomic E-state index is -0.271. The minimum Gasteiger partial charge on any atom is -0.504 e. The number of thioether (sulfide) groups is 2. The van der Waals surface area contributed by atoms with Crippen LogP contribution in [0, 0.1) is 11.8 Å². The van der Waals surface area contributed by atoms with Crippen molar-refractivity contribution >= 4 is 23.5 Å². The maximum absolute atomic E-state index is 11.4. The molecule has 0 bridgehead atoms. The van der Waals surface area contributed by atoms with Crippen LogP contribution in [0.15, 0.2) is 19.8 Å². The highest BCUT2D eigenvalue weighted by Gasteiger charge is 2.49. The fourth-order valence-electron chi connectivity index (χ4n) is 6.09. The third-order valence-electron chi connectivity index (χ3n) is 8.13. The summed E-state index contributed by atoms with van der Waals surface area (Å²) in [4.78, 5) is 11.1. The second kappa shape index (κ2) is 9.44. The van der Waals surface area contributed by atoms with Gasteiger partial charge >= 0.3 is 0 Å². The van der Waals surface area contributed by atoms with Gasteiger partial charge in [-0.3, -0.25) is 9.98 Å². The molecule has 0 spiro atoms. The van der Waals surface area contributed by atoms with Crippen molar-refractivity contribution in [3.8, 4) is 11.5 Å². The second-order valence-electron chi connectivity index (χ2n) is 9.79. The van der Waals surface area contributed by atoms with E-state index in [0.717, 1.165) is 6.42 Å². The van der Waals surface area contributed by atoms with E-state index in [9.17, 15) is 10.2 Å². The molecule has 4 aliphatic rings. The standard InChI is InChI=1S/C24H34N2O6S2/c1-9-7-11-21(18(30-4)10(9)2)33-23-14(25-11)16(27)24-15(17(23)28)26-12-8-13(29-3)19(31-5)20(32-6)22(12)34-24/h9-13,18-22,27-28H,7-8H2,1-6H3. The number of phenolic OH excluding ortho intramolecular Hbond substituents is 2. The van der Waals surface area contributed by atoms with Crippen molar-refractivity contribution in [3.05, 3.63) is 10.7 Å². The number of fused-ring (bicyclic) bond motifs is 4. The Balaban J connectivity index is 1.61. The largest absolute Gasteiger partial charge is 0.504 e. The Labute approximate surface area is 208 Å². The second-order valence-corrected chi connectivity index (χ2v) is 12.2. The van der Waals surface area contributed by atoms with E-state index in [2.05, 4.69) is 13.8 Å². The SMILES string of the molecule is COC1CC2N=c3c(O)c4c(c(O)c3SC2C(OC)C1OC)=NC1CC(C)C(C)C(OC)C1S4. The van der Waals surface area contributed by atoms with Crippen LogP contribution in [0.4, 0.5) is 0 Å². The maximum Gasteiger partial charge on any atom is 0.158 e. The van der Waals surface area contributed by atoms with Gasteiger partial charge in [0.2, 0.25) is 0 Å². The quantitative estimate of drug-likeness (QED) is 0.595. The van der Waals surface area contributed by atoms with Crippen LogP contribution in [0.5, 0.6) is 11.5 Å². The van der Waals surface area contributed by atoms with Gasteiger partial charge in [0, 0.05) is 28.4 Å². The van der Waals surface area contributed by atoms with E-state index in [-0.39, 0.29) is 58.5 Å². The topological polar surface area (TPSA) is 102 Å². The third kappa shape index (κ3) is 3.67. The molecule has 0 saturated heterocycles. The summed E-state index contributed by atoms with van der Waals surface area (Å²) in [5, 5.41) is 23.7. The molecule has 0 amide bonds. The predicted octanol–water partition coefficient (Wildman–Crippen LogP) is 2.16. The Kier molecular flexibility index (Phi) is 6.84. The summed E-state index contributed by atoms with van der Waals surface area (Å²) in [6.45, 7) is 4.45. The number of phenols is 2. The Morgan fingerprint density at radius 2 is 1.21 bits per heavy atom. The number of ether oxygens (including phenoxy) is 4. The van der Waals surface area contributed by atoms with Gasteiger partial charge in [-0.05, 0) is 24.7 Å². The highest BCUT2D eigenvalue weighted by Crippen LogP contribution is 2.48. The fraction of sp³-hybridized carbons (Fsp3) is 0.750. The highest BCUT2D eigenvalue weighted by atomic mass is 32.2. The van der Waals surface area contributed by atoms with E-state index in [1.165, 1.54) is 11.8 Å². The van der Waals surface area contributed by atoms with Crippen molar-refractivity contribution in [1.29, 1.82) is 0 Å². The molecule has 5 rings (SSSR count). The Morgan fingerprint density at radius 1 is 0.706 bits per heavy atom. The molecule has 2 N–H and O–H groups in total. The van der Waals surface area contributed by atoms with Crippen molar-refractivity contribution in [2.45, 2.75) is 83.5 Å². The summed E-state index contributed by atoms with van der Waals surface area (Å²) in [6, 6.07) is -0.111. The Bertz CT molecular complexity index is 1070. The van der Waals surface area contributed by atoms with Crippen molar-refractivity contribution in [2.75, 3.05) is 28.4 Å². The van der Waals surface area contributed by atoms with Gasteiger partial charge in [-0.1, -0.05) is 13.8 Å². The molecule has 0 aromatic heterocycles. The molecule has 1 aromatic carbocycles. The summed E-state index contributed by atoms with van der Waals surface area (Å²) < 4.78 is 23.1. The third-order valence-corrected chi connectivity index (χ3v) is 11.1. The lowest BCUT2D eigenvalue weighted by Crippen LogP contribution is -2.57. The molecule has 10 unspecified atom stereocenters. The number of nitrogens with zero attached hydrogens (tertiary/aromatic N) is 2. The van der Waals surface area contributed by atoms with Crippen LogP contribution in [0.2, 0.25) is 0 Å². The predicted molar refractivity (Wildman–Crippen MR) is 130 cm³/mol. The first-order valence-corrected chi connectivity index (χ1v) is 13.6. The maximum atomic E-state index is 11.4. The molecule has 1 aromatic rings. The number of hydrogen-bond acceptors (Lipinski definition) is 10. The Morgan fingerprint density at radius 3 is 1.71 bits per heavy atom. The summed E-state index contributed by atoms with van der Waals surface area (Å²) in [6.07, 6.45) is 0.912. The van der Waals surface area contributed by atoms with Crippen molar-refractivity contribution in [2.24, 2.45) is 21.8 Å². The van der Waals surface area contributed by atoms with Crippen LogP contribution in [-0.2, 0) is 18.9 Å². The number of benzene rings is 1. The van der Waals surface area contributed by atoms with Gasteiger partial charge in [0.1, 0.15) is 22.9 Å². The number of methoxy groups -OCH3 is 4. The van der Waals surface area contributed by atoms with Gasteiger partial charge in [-0.2, -0.15) is 0 Å². The normalized spacial score (nSPS) is 40.8. The molecular weight excluding hydrogens is 476 g/mol. The Hall–Kier alpha value is -1.04. The molecule has 2 aliphatic carbocycles. The van der Waals surface area contributed by atoms with Crippen LogP contribution >= 0.6 is 23.5 Å². The van der Waals surface area contributed by atoms with Crippen LogP contribution in [-0.4, -0.2) is 85.7 Å². The van der Waals surface area contributed by atoms with E-state index in [1.54, 1.807) is 40.2 Å². The molecule has 2 heterocycles. The van der Waals surface area contributed by atoms with E-state index in [1.807, 2.05) is 0 Å². The van der Waals surface area contributed by atoms with Gasteiger partial charge in [-0.15, -0.1) is 23.5 Å². The first kappa shape index (κ1) is 24.6. The average molecular weight is 511 g/mol. The molecule has 10 heteroatoms. The number of rotatable bonds is 4. The van der Waals surface area contributed by atoms with Crippen LogP contribution in [0.25, 0.3) is 0 Å². The van der Waals surface area contributed by atoms with E-state index in [0.29, 0.717) is 38.8 Å². The lowest BCUT2D eigenvalue weighted by molar-refractivity contribution is -0.129. The zero-order valence-electron chi connectivity index (χ0n) is 20.4. The number of aromatic hydroxyl groups is 2. The van der Waals surface area contributed by atoms with Crippen molar-refractivity contribution < 1.29 is 29.2 Å². The molecule has 0 radical (unpaired) electrons. The number of hydrogen-bond donors (Lipinski definition) is 2. The minimum absolute atomic E-state index is 0.0250. The van der Waals surface area contributed by atoms with Crippen LogP contribution < -0.4 is 10.7 Å². The zero-order valence-corrected chi connectivity index (χ0v) is 22.1. The van der Waals surface area contributed by atoms with E-state index < -0.39 is 0 Å². The van der Waals surface area contributed by atoms with Gasteiger partial charge in [0.25, 0.3) is 0 Å². The average Bonchev–Trinajstić information content (AvgIpc) is 2.85. The lowest BCUT2D eigenvalue weighted by atomic mass is 9.76. The van der Waals surface area contributed by atoms with E-state index in [4.69, 9.17) is 28.9 Å². The lowest BCUT2D eigenvalue weighted by Gasteiger charge is -2.45. The highest BCUT2D eigenvalue weighted by molar-refractivity contribution is 8.00.